The van der Waals surface area contributed by atoms with Gasteiger partial charge in [0.15, 0.2) is 0 Å². The summed E-state index contributed by atoms with van der Waals surface area (Å²) in [7, 11) is 0. The van der Waals surface area contributed by atoms with Crippen LogP contribution in [0.3, 0.4) is 0 Å². The van der Waals surface area contributed by atoms with Crippen LogP contribution in [0.1, 0.15) is 39.1 Å². The maximum Gasteiger partial charge on any atom is 0.249 e. The van der Waals surface area contributed by atoms with E-state index in [2.05, 4.69) is 15.5 Å². The Morgan fingerprint density at radius 2 is 2.17 bits per heavy atom. The molecule has 0 saturated heterocycles. The van der Waals surface area contributed by atoms with E-state index in [0.29, 0.717) is 5.56 Å². The van der Waals surface area contributed by atoms with Gasteiger partial charge in [0.05, 0.1) is 6.04 Å². The molecule has 6 nitrogen and oxygen atoms in total. The first-order chi connectivity index (χ1) is 10.9. The standard InChI is InChI=1S/C16H21FN4O2/c1-4-9(2)13(18)15(22)19-10(3)16-20-14(21-23-16)11-6-5-7-12(17)8-11/h5-10,13H,4,18H2,1-3H3,(H,19,22). The van der Waals surface area contributed by atoms with Crippen LogP contribution in [0.25, 0.3) is 11.4 Å². The zero-order valence-electron chi connectivity index (χ0n) is 13.4. The number of nitrogens with one attached hydrogen (secondary N) is 1. The summed E-state index contributed by atoms with van der Waals surface area (Å²) in [5.74, 6) is -0.0550. The van der Waals surface area contributed by atoms with E-state index >= 15 is 0 Å². The Hall–Kier alpha value is -2.28. The van der Waals surface area contributed by atoms with Crippen LogP contribution in [-0.2, 0) is 4.79 Å². The average molecular weight is 320 g/mol. The fraction of sp³-hybridized carbons (Fsp3) is 0.438. The largest absolute Gasteiger partial charge is 0.343 e. The highest BCUT2D eigenvalue weighted by Gasteiger charge is 2.23. The Kier molecular flexibility index (Phi) is 5.44. The van der Waals surface area contributed by atoms with Gasteiger partial charge in [-0.2, -0.15) is 4.98 Å². The van der Waals surface area contributed by atoms with E-state index in [4.69, 9.17) is 10.3 Å². The smallest absolute Gasteiger partial charge is 0.249 e. The van der Waals surface area contributed by atoms with Crippen molar-refractivity contribution < 1.29 is 13.7 Å². The van der Waals surface area contributed by atoms with Crippen molar-refractivity contribution in [3.8, 4) is 11.4 Å². The van der Waals surface area contributed by atoms with E-state index in [9.17, 15) is 9.18 Å². The Morgan fingerprint density at radius 1 is 1.43 bits per heavy atom. The minimum atomic E-state index is -0.590. The van der Waals surface area contributed by atoms with E-state index in [0.717, 1.165) is 6.42 Å². The molecule has 0 aliphatic heterocycles. The highest BCUT2D eigenvalue weighted by molar-refractivity contribution is 5.82. The number of hydrogen-bond donors (Lipinski definition) is 2. The van der Waals surface area contributed by atoms with Gasteiger partial charge in [-0.25, -0.2) is 4.39 Å². The maximum absolute atomic E-state index is 13.2. The minimum Gasteiger partial charge on any atom is -0.343 e. The molecule has 0 aliphatic carbocycles. The summed E-state index contributed by atoms with van der Waals surface area (Å²) in [6.07, 6.45) is 0.813. The number of amides is 1. The molecule has 0 spiro atoms. The van der Waals surface area contributed by atoms with E-state index in [1.807, 2.05) is 13.8 Å². The van der Waals surface area contributed by atoms with Gasteiger partial charge in [0.25, 0.3) is 0 Å². The number of benzene rings is 1. The van der Waals surface area contributed by atoms with Crippen molar-refractivity contribution in [2.75, 3.05) is 0 Å². The van der Waals surface area contributed by atoms with Gasteiger partial charge in [-0.05, 0) is 25.0 Å². The van der Waals surface area contributed by atoms with E-state index in [1.54, 1.807) is 19.1 Å². The monoisotopic (exact) mass is 320 g/mol. The fourth-order valence-electron chi connectivity index (χ4n) is 2.04. The Balaban J connectivity index is 2.07. The molecule has 3 atom stereocenters. The lowest BCUT2D eigenvalue weighted by molar-refractivity contribution is -0.124. The molecule has 2 rings (SSSR count). The topological polar surface area (TPSA) is 94.0 Å². The van der Waals surface area contributed by atoms with Crippen molar-refractivity contribution in [3.05, 3.63) is 36.0 Å². The lowest BCUT2D eigenvalue weighted by Gasteiger charge is -2.19. The zero-order chi connectivity index (χ0) is 17.0. The van der Waals surface area contributed by atoms with Gasteiger partial charge < -0.3 is 15.6 Å². The SMILES string of the molecule is CCC(C)C(N)C(=O)NC(C)c1nc(-c2cccc(F)c2)no1. The van der Waals surface area contributed by atoms with E-state index < -0.39 is 12.1 Å². The molecule has 23 heavy (non-hydrogen) atoms. The van der Waals surface area contributed by atoms with Crippen LogP contribution in [0.5, 0.6) is 0 Å². The van der Waals surface area contributed by atoms with Gasteiger partial charge in [-0.15, -0.1) is 0 Å². The molecule has 0 aliphatic rings. The third kappa shape index (κ3) is 4.13. The first kappa shape index (κ1) is 17.1. The molecule has 2 aromatic rings. The molecule has 1 amide bonds. The van der Waals surface area contributed by atoms with Crippen molar-refractivity contribution in [2.24, 2.45) is 11.7 Å². The van der Waals surface area contributed by atoms with Gasteiger partial charge in [0.2, 0.25) is 17.6 Å². The van der Waals surface area contributed by atoms with Gasteiger partial charge in [0.1, 0.15) is 11.9 Å². The van der Waals surface area contributed by atoms with Crippen molar-refractivity contribution in [1.82, 2.24) is 15.5 Å². The minimum absolute atomic E-state index is 0.0766. The second-order valence-corrected chi connectivity index (χ2v) is 5.61. The van der Waals surface area contributed by atoms with Crippen LogP contribution >= 0.6 is 0 Å². The molecule has 0 radical (unpaired) electrons. The van der Waals surface area contributed by atoms with Crippen molar-refractivity contribution in [2.45, 2.75) is 39.3 Å². The molecule has 1 heterocycles. The molecule has 1 aromatic carbocycles. The number of halogens is 1. The second kappa shape index (κ2) is 7.32. The molecular formula is C16H21FN4O2. The predicted octanol–water partition coefficient (Wildman–Crippen LogP) is 2.43. The lowest BCUT2D eigenvalue weighted by atomic mass is 9.99. The first-order valence-electron chi connectivity index (χ1n) is 7.57. The summed E-state index contributed by atoms with van der Waals surface area (Å²) < 4.78 is 18.4. The maximum atomic E-state index is 13.2. The summed E-state index contributed by atoms with van der Waals surface area (Å²) >= 11 is 0. The highest BCUT2D eigenvalue weighted by Crippen LogP contribution is 2.19. The first-order valence-corrected chi connectivity index (χ1v) is 7.57. The molecule has 3 N–H and O–H groups in total. The normalized spacial score (nSPS) is 15.0. The molecule has 3 unspecified atom stereocenters. The van der Waals surface area contributed by atoms with Gasteiger partial charge >= 0.3 is 0 Å². The van der Waals surface area contributed by atoms with Crippen LogP contribution in [0, 0.1) is 11.7 Å². The number of nitrogens with two attached hydrogens (primary N) is 1. The summed E-state index contributed by atoms with van der Waals surface area (Å²) in [6.45, 7) is 5.62. The fourth-order valence-corrected chi connectivity index (χ4v) is 2.04. The molecule has 124 valence electrons. The van der Waals surface area contributed by atoms with Crippen LogP contribution in [0.4, 0.5) is 4.39 Å². The van der Waals surface area contributed by atoms with Crippen LogP contribution < -0.4 is 11.1 Å². The van der Waals surface area contributed by atoms with Crippen molar-refractivity contribution in [1.29, 1.82) is 0 Å². The van der Waals surface area contributed by atoms with Crippen molar-refractivity contribution >= 4 is 5.91 Å². The van der Waals surface area contributed by atoms with Gasteiger partial charge in [-0.3, -0.25) is 4.79 Å². The van der Waals surface area contributed by atoms with E-state index in [-0.39, 0.29) is 29.4 Å². The zero-order valence-corrected chi connectivity index (χ0v) is 13.4. The number of rotatable bonds is 6. The number of nitrogens with zero attached hydrogens (tertiary/aromatic N) is 2. The third-order valence-electron chi connectivity index (χ3n) is 3.81. The lowest BCUT2D eigenvalue weighted by Crippen LogP contribution is -2.45. The van der Waals surface area contributed by atoms with Crippen LogP contribution in [-0.4, -0.2) is 22.1 Å². The molecule has 1 aromatic heterocycles. The number of aromatic nitrogens is 2. The van der Waals surface area contributed by atoms with Gasteiger partial charge in [-0.1, -0.05) is 37.6 Å². The molecule has 7 heteroatoms. The highest BCUT2D eigenvalue weighted by atomic mass is 19.1. The summed E-state index contributed by atoms with van der Waals surface area (Å²) in [5, 5.41) is 6.57. The molecule has 0 fully saturated rings. The Bertz CT molecular complexity index is 674. The van der Waals surface area contributed by atoms with Gasteiger partial charge in [0, 0.05) is 5.56 Å². The number of hydrogen-bond acceptors (Lipinski definition) is 5. The predicted molar refractivity (Wildman–Crippen MR) is 83.7 cm³/mol. The second-order valence-electron chi connectivity index (χ2n) is 5.61. The Labute approximate surface area is 134 Å². The van der Waals surface area contributed by atoms with Crippen molar-refractivity contribution in [3.63, 3.8) is 0 Å². The van der Waals surface area contributed by atoms with Crippen LogP contribution in [0.15, 0.2) is 28.8 Å². The third-order valence-corrected chi connectivity index (χ3v) is 3.81. The quantitative estimate of drug-likeness (QED) is 0.852. The molecule has 0 bridgehead atoms. The van der Waals surface area contributed by atoms with E-state index in [1.165, 1.54) is 12.1 Å². The average Bonchev–Trinajstić information content (AvgIpc) is 3.03. The van der Waals surface area contributed by atoms with Crippen LogP contribution in [0.2, 0.25) is 0 Å². The Morgan fingerprint density at radius 3 is 2.83 bits per heavy atom. The summed E-state index contributed by atoms with van der Waals surface area (Å²) in [4.78, 5) is 16.3. The molecular weight excluding hydrogens is 299 g/mol. The number of carbonyl (C=O) groups is 1. The summed E-state index contributed by atoms with van der Waals surface area (Å²) in [5.41, 5.74) is 6.40. The number of carbonyl (C=O) groups excluding carboxylic acids is 1. The molecule has 0 saturated carbocycles. The summed E-state index contributed by atoms with van der Waals surface area (Å²) in [6, 6.07) is 4.83.